The molecule has 26 heavy (non-hydrogen) atoms. The normalized spacial score (nSPS) is 11.2. The Morgan fingerprint density at radius 3 is 2.42 bits per heavy atom. The summed E-state index contributed by atoms with van der Waals surface area (Å²) in [7, 11) is 0. The van der Waals surface area contributed by atoms with Crippen LogP contribution in [-0.4, -0.2) is 20.0 Å². The van der Waals surface area contributed by atoms with Crippen LogP contribution < -0.4 is 0 Å². The summed E-state index contributed by atoms with van der Waals surface area (Å²) in [6.07, 6.45) is 1.54. The van der Waals surface area contributed by atoms with E-state index in [0.717, 1.165) is 22.6 Å². The van der Waals surface area contributed by atoms with Crippen LogP contribution in [-0.2, 0) is 0 Å². The van der Waals surface area contributed by atoms with Crippen LogP contribution in [0.2, 0.25) is 5.02 Å². The van der Waals surface area contributed by atoms with E-state index in [1.54, 1.807) is 30.5 Å². The van der Waals surface area contributed by atoms with Crippen molar-refractivity contribution in [1.82, 2.24) is 9.78 Å². The molecule has 0 aliphatic heterocycles. The van der Waals surface area contributed by atoms with Gasteiger partial charge >= 0.3 is 0 Å². The number of nitrogens with zero attached hydrogens (tertiary/aromatic N) is 2. The highest BCUT2D eigenvalue weighted by Crippen LogP contribution is 2.32. The van der Waals surface area contributed by atoms with Crippen LogP contribution in [0.4, 0.5) is 8.78 Å². The van der Waals surface area contributed by atoms with Crippen LogP contribution >= 0.6 is 11.6 Å². The van der Waals surface area contributed by atoms with Gasteiger partial charge in [-0.25, -0.2) is 13.5 Å². The molecule has 0 unspecified atom stereocenters. The lowest BCUT2D eigenvalue weighted by Crippen LogP contribution is -2.00. The van der Waals surface area contributed by atoms with Crippen molar-refractivity contribution >= 4 is 22.5 Å². The molecule has 130 valence electrons. The van der Waals surface area contributed by atoms with Crippen molar-refractivity contribution in [2.75, 3.05) is 0 Å². The molecular formula is C19H11ClF2N2O2. The highest BCUT2D eigenvalue weighted by Gasteiger charge is 2.16. The maximum absolute atomic E-state index is 14.2. The first-order chi connectivity index (χ1) is 12.5. The summed E-state index contributed by atoms with van der Waals surface area (Å²) in [5.74, 6) is -3.16. The first-order valence-electron chi connectivity index (χ1n) is 7.59. The quantitative estimate of drug-likeness (QED) is 0.518. The van der Waals surface area contributed by atoms with Gasteiger partial charge in [0.1, 0.15) is 11.4 Å². The molecule has 0 aliphatic rings. The summed E-state index contributed by atoms with van der Waals surface area (Å²) in [6, 6.07) is 12.4. The van der Waals surface area contributed by atoms with E-state index in [2.05, 4.69) is 5.10 Å². The molecule has 4 nitrogen and oxygen atoms in total. The van der Waals surface area contributed by atoms with Gasteiger partial charge in [0.2, 0.25) is 0 Å². The maximum Gasteiger partial charge on any atom is 0.193 e. The van der Waals surface area contributed by atoms with Crippen LogP contribution in [0.3, 0.4) is 0 Å². The van der Waals surface area contributed by atoms with E-state index in [1.807, 2.05) is 6.07 Å². The highest BCUT2D eigenvalue weighted by atomic mass is 35.5. The Morgan fingerprint density at radius 2 is 1.65 bits per heavy atom. The van der Waals surface area contributed by atoms with E-state index < -0.39 is 17.4 Å². The first kappa shape index (κ1) is 16.4. The standard InChI is InChI=1S/C19H11ClF2N2O2/c20-13-8-11(2-6-17(13)25)10-1-4-15-12(7-10)9-23-24(15)16-5-3-14(21)19(26)18(16)22/h1-9,25-26H. The number of hydrogen-bond donors (Lipinski definition) is 2. The molecule has 0 aliphatic carbocycles. The van der Waals surface area contributed by atoms with Crippen molar-refractivity contribution in [2.24, 2.45) is 0 Å². The molecule has 2 N–H and O–H groups in total. The van der Waals surface area contributed by atoms with E-state index in [1.165, 1.54) is 16.8 Å². The Hall–Kier alpha value is -3.12. The van der Waals surface area contributed by atoms with Gasteiger partial charge < -0.3 is 10.2 Å². The zero-order valence-corrected chi connectivity index (χ0v) is 13.9. The van der Waals surface area contributed by atoms with Crippen LogP contribution in [0.25, 0.3) is 27.7 Å². The first-order valence-corrected chi connectivity index (χ1v) is 7.97. The van der Waals surface area contributed by atoms with Crippen molar-refractivity contribution in [1.29, 1.82) is 0 Å². The number of aromatic hydroxyl groups is 2. The maximum atomic E-state index is 14.2. The van der Waals surface area contributed by atoms with Gasteiger partial charge in [0.05, 0.1) is 16.7 Å². The largest absolute Gasteiger partial charge is 0.506 e. The van der Waals surface area contributed by atoms with Gasteiger partial charge in [-0.1, -0.05) is 23.7 Å². The number of hydrogen-bond acceptors (Lipinski definition) is 3. The van der Waals surface area contributed by atoms with Gasteiger partial charge in [0.25, 0.3) is 0 Å². The molecule has 7 heteroatoms. The molecule has 4 aromatic rings. The molecule has 0 radical (unpaired) electrons. The second-order valence-electron chi connectivity index (χ2n) is 5.73. The summed E-state index contributed by atoms with van der Waals surface area (Å²) >= 11 is 5.95. The Morgan fingerprint density at radius 1 is 0.923 bits per heavy atom. The third kappa shape index (κ3) is 2.55. The van der Waals surface area contributed by atoms with Crippen LogP contribution in [0, 0.1) is 11.6 Å². The zero-order valence-electron chi connectivity index (χ0n) is 13.1. The molecule has 0 saturated carbocycles. The number of fused-ring (bicyclic) bond motifs is 1. The Bertz CT molecular complexity index is 1160. The van der Waals surface area contributed by atoms with Gasteiger partial charge in [-0.05, 0) is 47.5 Å². The summed E-state index contributed by atoms with van der Waals surface area (Å²) in [6.45, 7) is 0. The van der Waals surface area contributed by atoms with Crippen molar-refractivity contribution in [3.05, 3.63) is 71.4 Å². The van der Waals surface area contributed by atoms with Crippen LogP contribution in [0.15, 0.2) is 54.7 Å². The molecular weight excluding hydrogens is 362 g/mol. The minimum Gasteiger partial charge on any atom is -0.506 e. The predicted octanol–water partition coefficient (Wildman–Crippen LogP) is 5.04. The Balaban J connectivity index is 1.84. The van der Waals surface area contributed by atoms with Crippen molar-refractivity contribution in [3.63, 3.8) is 0 Å². The average Bonchev–Trinajstić information content (AvgIpc) is 3.05. The monoisotopic (exact) mass is 372 g/mol. The number of phenolic OH excluding ortho intramolecular Hbond substituents is 2. The summed E-state index contributed by atoms with van der Waals surface area (Å²) in [5, 5.41) is 24.1. The van der Waals surface area contributed by atoms with Gasteiger partial charge in [0.15, 0.2) is 17.4 Å². The van der Waals surface area contributed by atoms with E-state index >= 15 is 0 Å². The second kappa shape index (κ2) is 6.00. The lowest BCUT2D eigenvalue weighted by Gasteiger charge is -2.08. The van der Waals surface area contributed by atoms with E-state index in [0.29, 0.717) is 5.52 Å². The lowest BCUT2D eigenvalue weighted by molar-refractivity contribution is 0.394. The fourth-order valence-electron chi connectivity index (χ4n) is 2.78. The van der Waals surface area contributed by atoms with E-state index in [-0.39, 0.29) is 16.5 Å². The number of phenols is 2. The Kier molecular flexibility index (Phi) is 3.77. The molecule has 0 amide bonds. The third-order valence-electron chi connectivity index (χ3n) is 4.12. The molecule has 0 atom stereocenters. The van der Waals surface area contributed by atoms with Gasteiger partial charge in [0, 0.05) is 5.39 Å². The molecule has 1 aromatic heterocycles. The lowest BCUT2D eigenvalue weighted by atomic mass is 10.0. The van der Waals surface area contributed by atoms with Crippen LogP contribution in [0.1, 0.15) is 0 Å². The minimum absolute atomic E-state index is 0.00379. The highest BCUT2D eigenvalue weighted by molar-refractivity contribution is 6.32. The van der Waals surface area contributed by atoms with E-state index in [9.17, 15) is 19.0 Å². The zero-order chi connectivity index (χ0) is 18.4. The smallest absolute Gasteiger partial charge is 0.193 e. The SMILES string of the molecule is Oc1ccc(-c2ccc3c(cnn3-c3ccc(F)c(O)c3F)c2)cc1Cl. The molecule has 3 aromatic carbocycles. The van der Waals surface area contributed by atoms with Gasteiger partial charge in [-0.2, -0.15) is 5.10 Å². The average molecular weight is 373 g/mol. The number of aromatic nitrogens is 2. The van der Waals surface area contributed by atoms with Gasteiger partial charge in [-0.3, -0.25) is 0 Å². The predicted molar refractivity (Wildman–Crippen MR) is 94.8 cm³/mol. The molecule has 0 saturated heterocycles. The van der Waals surface area contributed by atoms with Crippen LogP contribution in [0.5, 0.6) is 11.5 Å². The molecule has 0 spiro atoms. The Labute approximate surface area is 151 Å². The minimum atomic E-state index is -1.08. The molecule has 1 heterocycles. The second-order valence-corrected chi connectivity index (χ2v) is 6.13. The summed E-state index contributed by atoms with van der Waals surface area (Å²) in [5.41, 5.74) is 2.16. The van der Waals surface area contributed by atoms with Gasteiger partial charge in [-0.15, -0.1) is 0 Å². The molecule has 0 bridgehead atoms. The number of rotatable bonds is 2. The van der Waals surface area contributed by atoms with Crippen molar-refractivity contribution < 1.29 is 19.0 Å². The number of benzene rings is 3. The molecule has 4 rings (SSSR count). The van der Waals surface area contributed by atoms with Crippen molar-refractivity contribution in [2.45, 2.75) is 0 Å². The third-order valence-corrected chi connectivity index (χ3v) is 4.43. The number of halogens is 3. The summed E-state index contributed by atoms with van der Waals surface area (Å²) in [4.78, 5) is 0. The fourth-order valence-corrected chi connectivity index (χ4v) is 2.97. The topological polar surface area (TPSA) is 58.3 Å². The van der Waals surface area contributed by atoms with Crippen molar-refractivity contribution in [3.8, 4) is 28.3 Å². The van der Waals surface area contributed by atoms with E-state index in [4.69, 9.17) is 11.6 Å². The fraction of sp³-hybridized carbons (Fsp3) is 0. The molecule has 0 fully saturated rings. The summed E-state index contributed by atoms with van der Waals surface area (Å²) < 4.78 is 28.7.